The molecule has 0 aliphatic carbocycles. The van der Waals surface area contributed by atoms with Crippen LogP contribution in [0.4, 0.5) is 17.1 Å². The SMILES string of the molecule is c1ccc(-c2nc3cccc(-c4nc5ccccc5n4-c4ccccc4)c3c3c2c(N(c2ccccc2)c2ccccc2)cc2ccccc23)cc1. The van der Waals surface area contributed by atoms with Crippen molar-refractivity contribution in [1.29, 1.82) is 0 Å². The number of imidazole rings is 1. The molecule has 0 aliphatic heterocycles. The molecule has 0 bridgehead atoms. The van der Waals surface area contributed by atoms with Crippen LogP contribution in [0.15, 0.2) is 194 Å². The Morgan fingerprint density at radius 2 is 1.04 bits per heavy atom. The van der Waals surface area contributed by atoms with Crippen molar-refractivity contribution in [2.24, 2.45) is 0 Å². The summed E-state index contributed by atoms with van der Waals surface area (Å²) in [5.74, 6) is 0.881. The van der Waals surface area contributed by atoms with E-state index >= 15 is 0 Å². The van der Waals surface area contributed by atoms with E-state index in [2.05, 4.69) is 204 Å². The number of pyridine rings is 1. The van der Waals surface area contributed by atoms with Crippen LogP contribution in [0.5, 0.6) is 0 Å². The summed E-state index contributed by atoms with van der Waals surface area (Å²) in [6.07, 6.45) is 0. The van der Waals surface area contributed by atoms with Gasteiger partial charge in [0.15, 0.2) is 0 Å². The number of hydrogen-bond donors (Lipinski definition) is 0. The zero-order valence-electron chi connectivity index (χ0n) is 28.3. The number of hydrogen-bond acceptors (Lipinski definition) is 3. The fraction of sp³-hybridized carbons (Fsp3) is 0. The molecule has 0 unspecified atom stereocenters. The van der Waals surface area contributed by atoms with E-state index in [0.29, 0.717) is 0 Å². The van der Waals surface area contributed by atoms with Crippen LogP contribution < -0.4 is 4.90 Å². The van der Waals surface area contributed by atoms with Gasteiger partial charge in [0.2, 0.25) is 0 Å². The molecular weight excluding hydrogens is 633 g/mol. The second-order valence-electron chi connectivity index (χ2n) is 13.0. The van der Waals surface area contributed by atoms with Gasteiger partial charge in [-0.1, -0.05) is 133 Å². The third kappa shape index (κ3) is 4.84. The second-order valence-corrected chi connectivity index (χ2v) is 13.0. The number of fused-ring (bicyclic) bond motifs is 6. The number of para-hydroxylation sites is 5. The van der Waals surface area contributed by atoms with Crippen LogP contribution in [-0.2, 0) is 0 Å². The minimum atomic E-state index is 0.881. The Hall–Kier alpha value is -7.04. The van der Waals surface area contributed by atoms with Gasteiger partial charge in [0.1, 0.15) is 5.82 Å². The molecule has 0 atom stereocenters. The lowest BCUT2D eigenvalue weighted by molar-refractivity contribution is 1.11. The summed E-state index contributed by atoms with van der Waals surface area (Å²) in [4.78, 5) is 13.3. The first-order valence-corrected chi connectivity index (χ1v) is 17.6. The highest BCUT2D eigenvalue weighted by Crippen LogP contribution is 2.48. The monoisotopic (exact) mass is 664 g/mol. The van der Waals surface area contributed by atoms with E-state index in [1.54, 1.807) is 0 Å². The van der Waals surface area contributed by atoms with E-state index in [1.807, 2.05) is 0 Å². The van der Waals surface area contributed by atoms with Crippen molar-refractivity contribution in [1.82, 2.24) is 14.5 Å². The quantitative estimate of drug-likeness (QED) is 0.166. The molecule has 2 aromatic heterocycles. The first kappa shape index (κ1) is 29.8. The first-order chi connectivity index (χ1) is 25.8. The molecule has 244 valence electrons. The first-order valence-electron chi connectivity index (χ1n) is 17.6. The molecule has 0 amide bonds. The van der Waals surface area contributed by atoms with Gasteiger partial charge in [0.25, 0.3) is 0 Å². The molecular formula is C48H32N4. The van der Waals surface area contributed by atoms with Gasteiger partial charge < -0.3 is 4.90 Å². The van der Waals surface area contributed by atoms with E-state index in [-0.39, 0.29) is 0 Å². The largest absolute Gasteiger partial charge is 0.310 e. The van der Waals surface area contributed by atoms with Gasteiger partial charge in [-0.05, 0) is 71.4 Å². The zero-order chi connectivity index (χ0) is 34.4. The highest BCUT2D eigenvalue weighted by Gasteiger charge is 2.25. The molecule has 0 radical (unpaired) electrons. The minimum Gasteiger partial charge on any atom is -0.310 e. The van der Waals surface area contributed by atoms with E-state index in [0.717, 1.165) is 83.5 Å². The van der Waals surface area contributed by atoms with Gasteiger partial charge in [-0.3, -0.25) is 4.57 Å². The Labute approximate surface area is 301 Å². The Balaban J connectivity index is 1.42. The summed E-state index contributed by atoms with van der Waals surface area (Å²) in [5, 5.41) is 5.63. The third-order valence-corrected chi connectivity index (χ3v) is 9.92. The van der Waals surface area contributed by atoms with Gasteiger partial charge in [-0.2, -0.15) is 0 Å². The van der Waals surface area contributed by atoms with Crippen LogP contribution in [0.2, 0.25) is 0 Å². The number of anilines is 3. The normalized spacial score (nSPS) is 11.5. The van der Waals surface area contributed by atoms with Gasteiger partial charge in [-0.25, -0.2) is 9.97 Å². The minimum absolute atomic E-state index is 0.881. The predicted molar refractivity (Wildman–Crippen MR) is 217 cm³/mol. The molecule has 0 N–H and O–H groups in total. The van der Waals surface area contributed by atoms with Crippen molar-refractivity contribution in [2.45, 2.75) is 0 Å². The summed E-state index contributed by atoms with van der Waals surface area (Å²) in [7, 11) is 0. The molecule has 4 heteroatoms. The molecule has 2 heterocycles. The summed E-state index contributed by atoms with van der Waals surface area (Å²) < 4.78 is 2.29. The predicted octanol–water partition coefficient (Wildman–Crippen LogP) is 12.7. The summed E-state index contributed by atoms with van der Waals surface area (Å²) in [6, 6.07) is 68.3. The maximum absolute atomic E-state index is 5.59. The molecule has 10 rings (SSSR count). The fourth-order valence-electron chi connectivity index (χ4n) is 7.70. The smallest absolute Gasteiger partial charge is 0.146 e. The van der Waals surface area contributed by atoms with E-state index < -0.39 is 0 Å². The molecule has 10 aromatic rings. The number of nitrogens with zero attached hydrogens (tertiary/aromatic N) is 4. The van der Waals surface area contributed by atoms with Gasteiger partial charge in [0, 0.05) is 44.3 Å². The Bertz CT molecular complexity index is 2840. The van der Waals surface area contributed by atoms with Crippen LogP contribution in [0.1, 0.15) is 0 Å². The van der Waals surface area contributed by atoms with Crippen LogP contribution >= 0.6 is 0 Å². The maximum Gasteiger partial charge on any atom is 0.146 e. The van der Waals surface area contributed by atoms with Crippen molar-refractivity contribution >= 4 is 60.5 Å². The highest BCUT2D eigenvalue weighted by molar-refractivity contribution is 6.29. The zero-order valence-corrected chi connectivity index (χ0v) is 28.3. The van der Waals surface area contributed by atoms with Gasteiger partial charge in [-0.15, -0.1) is 0 Å². The lowest BCUT2D eigenvalue weighted by Gasteiger charge is -2.29. The highest BCUT2D eigenvalue weighted by atomic mass is 15.1. The Morgan fingerprint density at radius 1 is 0.442 bits per heavy atom. The second kappa shape index (κ2) is 12.4. The maximum atomic E-state index is 5.59. The average Bonchev–Trinajstić information content (AvgIpc) is 3.61. The van der Waals surface area contributed by atoms with Crippen molar-refractivity contribution in [2.75, 3.05) is 4.90 Å². The molecule has 0 saturated heterocycles. The molecule has 0 saturated carbocycles. The molecule has 4 nitrogen and oxygen atoms in total. The van der Waals surface area contributed by atoms with Crippen LogP contribution in [0, 0.1) is 0 Å². The van der Waals surface area contributed by atoms with Crippen LogP contribution in [-0.4, -0.2) is 14.5 Å². The molecule has 52 heavy (non-hydrogen) atoms. The Kier molecular flexibility index (Phi) is 7.10. The van der Waals surface area contributed by atoms with Crippen LogP contribution in [0.25, 0.3) is 71.8 Å². The molecule has 0 spiro atoms. The molecule has 8 aromatic carbocycles. The number of rotatable bonds is 6. The van der Waals surface area contributed by atoms with Crippen molar-refractivity contribution in [3.8, 4) is 28.3 Å². The lowest BCUT2D eigenvalue weighted by atomic mass is 9.91. The molecule has 0 aliphatic rings. The Morgan fingerprint density at radius 3 is 1.77 bits per heavy atom. The topological polar surface area (TPSA) is 34.0 Å². The van der Waals surface area contributed by atoms with E-state index in [9.17, 15) is 0 Å². The van der Waals surface area contributed by atoms with Crippen molar-refractivity contribution < 1.29 is 0 Å². The number of aromatic nitrogens is 3. The van der Waals surface area contributed by atoms with Gasteiger partial charge in [0.05, 0.1) is 27.9 Å². The number of benzene rings is 8. The van der Waals surface area contributed by atoms with Gasteiger partial charge >= 0.3 is 0 Å². The fourth-order valence-corrected chi connectivity index (χ4v) is 7.70. The van der Waals surface area contributed by atoms with Crippen LogP contribution in [0.3, 0.4) is 0 Å². The van der Waals surface area contributed by atoms with Crippen molar-refractivity contribution in [3.05, 3.63) is 194 Å². The lowest BCUT2D eigenvalue weighted by Crippen LogP contribution is -2.11. The summed E-state index contributed by atoms with van der Waals surface area (Å²) in [5.41, 5.74) is 10.2. The summed E-state index contributed by atoms with van der Waals surface area (Å²) in [6.45, 7) is 0. The standard InChI is InChI=1S/C48H32N4/c1-5-18-33(19-6-1)47-46-43(51(35-21-7-2-8-22-35)36-23-9-3-10-24-36)32-34-20-13-14-27-38(34)45(46)44-39(28-17-30-41(44)49-47)48-50-40-29-15-16-31-42(40)52(48)37-25-11-4-12-26-37/h1-32H. The van der Waals surface area contributed by atoms with E-state index in [4.69, 9.17) is 9.97 Å². The van der Waals surface area contributed by atoms with Crippen molar-refractivity contribution in [3.63, 3.8) is 0 Å². The summed E-state index contributed by atoms with van der Waals surface area (Å²) >= 11 is 0. The molecule has 0 fully saturated rings. The van der Waals surface area contributed by atoms with E-state index in [1.165, 1.54) is 5.39 Å². The average molecular weight is 665 g/mol. The third-order valence-electron chi connectivity index (χ3n) is 9.92.